The minimum Gasteiger partial charge on any atom is -0.354 e. The molecule has 0 fully saturated rings. The van der Waals surface area contributed by atoms with Crippen molar-refractivity contribution in [1.29, 1.82) is 0 Å². The number of aromatic amines is 1. The van der Waals surface area contributed by atoms with E-state index in [1.165, 1.54) is 11.3 Å². The Balaban J connectivity index is 1.80. The quantitative estimate of drug-likeness (QED) is 0.525. The summed E-state index contributed by atoms with van der Waals surface area (Å²) in [5.74, 6) is -0.0784. The normalized spacial score (nSPS) is 10.8. The van der Waals surface area contributed by atoms with Crippen molar-refractivity contribution in [2.24, 2.45) is 5.73 Å². The second-order valence-electron chi connectivity index (χ2n) is 4.78. The topological polar surface area (TPSA) is 95.8 Å². The molecule has 0 aliphatic heterocycles. The lowest BCUT2D eigenvalue weighted by atomic mass is 10.2. The third-order valence-electron chi connectivity index (χ3n) is 3.27. The SMILES string of the molecule is NCCCNC(=O)c1sccc1Nc1ccnc2[nH]ccc12. The molecule has 0 aliphatic carbocycles. The molecule has 0 saturated heterocycles. The van der Waals surface area contributed by atoms with Crippen molar-refractivity contribution in [2.75, 3.05) is 18.4 Å². The van der Waals surface area contributed by atoms with E-state index in [1.54, 1.807) is 6.20 Å². The van der Waals surface area contributed by atoms with Crippen LogP contribution in [-0.2, 0) is 0 Å². The van der Waals surface area contributed by atoms with Gasteiger partial charge in [-0.1, -0.05) is 0 Å². The summed E-state index contributed by atoms with van der Waals surface area (Å²) < 4.78 is 0. The first-order valence-corrected chi connectivity index (χ1v) is 7.92. The number of hydrogen-bond donors (Lipinski definition) is 4. The van der Waals surface area contributed by atoms with Gasteiger partial charge >= 0.3 is 0 Å². The fraction of sp³-hybridized carbons (Fsp3) is 0.200. The Morgan fingerprint density at radius 1 is 1.32 bits per heavy atom. The molecule has 1 amide bonds. The second kappa shape index (κ2) is 6.59. The van der Waals surface area contributed by atoms with Gasteiger partial charge in [0.05, 0.1) is 11.4 Å². The number of anilines is 2. The number of pyridine rings is 1. The van der Waals surface area contributed by atoms with Gasteiger partial charge in [0.1, 0.15) is 10.5 Å². The highest BCUT2D eigenvalue weighted by molar-refractivity contribution is 7.12. The summed E-state index contributed by atoms with van der Waals surface area (Å²) in [7, 11) is 0. The van der Waals surface area contributed by atoms with Crippen molar-refractivity contribution >= 4 is 39.7 Å². The van der Waals surface area contributed by atoms with Gasteiger partial charge in [-0.05, 0) is 36.5 Å². The Kier molecular flexibility index (Phi) is 4.36. The monoisotopic (exact) mass is 315 g/mol. The Morgan fingerprint density at radius 2 is 2.23 bits per heavy atom. The van der Waals surface area contributed by atoms with E-state index in [9.17, 15) is 4.79 Å². The molecule has 0 atom stereocenters. The number of carbonyl (C=O) groups excluding carboxylic acids is 1. The van der Waals surface area contributed by atoms with Gasteiger partial charge in [-0.3, -0.25) is 4.79 Å². The number of rotatable bonds is 6. The average molecular weight is 315 g/mol. The molecule has 3 aromatic rings. The zero-order chi connectivity index (χ0) is 15.4. The standard InChI is InChI=1S/C15H17N5OS/c16-5-1-6-19-15(21)13-12(4-9-22-13)20-11-3-8-18-14-10(11)2-7-17-14/h2-4,7-9H,1,5-6,16H2,(H,19,21)(H2,17,18,20). The third-order valence-corrected chi connectivity index (χ3v) is 4.18. The molecule has 0 aliphatic rings. The number of hydrogen-bond acceptors (Lipinski definition) is 5. The fourth-order valence-electron chi connectivity index (χ4n) is 2.18. The Morgan fingerprint density at radius 3 is 3.09 bits per heavy atom. The smallest absolute Gasteiger partial charge is 0.263 e. The van der Waals surface area contributed by atoms with Crippen LogP contribution in [0.25, 0.3) is 11.0 Å². The summed E-state index contributed by atoms with van der Waals surface area (Å²) >= 11 is 1.41. The number of thiophene rings is 1. The molecule has 0 bridgehead atoms. The first-order valence-electron chi connectivity index (χ1n) is 7.04. The minimum atomic E-state index is -0.0784. The van der Waals surface area contributed by atoms with Crippen LogP contribution in [0.15, 0.2) is 36.0 Å². The van der Waals surface area contributed by atoms with Crippen LogP contribution >= 0.6 is 11.3 Å². The number of carbonyl (C=O) groups is 1. The van der Waals surface area contributed by atoms with E-state index < -0.39 is 0 Å². The van der Waals surface area contributed by atoms with E-state index in [0.29, 0.717) is 18.0 Å². The highest BCUT2D eigenvalue weighted by Gasteiger charge is 2.14. The molecular formula is C15H17N5OS. The minimum absolute atomic E-state index is 0.0784. The predicted molar refractivity (Wildman–Crippen MR) is 89.7 cm³/mol. The molecule has 6 nitrogen and oxygen atoms in total. The first-order chi connectivity index (χ1) is 10.8. The number of fused-ring (bicyclic) bond motifs is 1. The van der Waals surface area contributed by atoms with Crippen LogP contribution in [0.1, 0.15) is 16.1 Å². The van der Waals surface area contributed by atoms with Gasteiger partial charge in [-0.15, -0.1) is 11.3 Å². The van der Waals surface area contributed by atoms with E-state index in [-0.39, 0.29) is 5.91 Å². The van der Waals surface area contributed by atoms with Crippen molar-refractivity contribution in [1.82, 2.24) is 15.3 Å². The lowest BCUT2D eigenvalue weighted by Gasteiger charge is -2.09. The van der Waals surface area contributed by atoms with Gasteiger partial charge in [0, 0.05) is 24.3 Å². The zero-order valence-electron chi connectivity index (χ0n) is 11.9. The molecule has 0 aromatic carbocycles. The van der Waals surface area contributed by atoms with Gasteiger partial charge in [0.25, 0.3) is 5.91 Å². The van der Waals surface area contributed by atoms with E-state index >= 15 is 0 Å². The van der Waals surface area contributed by atoms with E-state index in [0.717, 1.165) is 28.8 Å². The summed E-state index contributed by atoms with van der Waals surface area (Å²) in [6.45, 7) is 1.16. The number of aromatic nitrogens is 2. The van der Waals surface area contributed by atoms with E-state index in [1.807, 2.05) is 29.8 Å². The van der Waals surface area contributed by atoms with Gasteiger partial charge in [-0.2, -0.15) is 0 Å². The van der Waals surface area contributed by atoms with Crippen molar-refractivity contribution in [2.45, 2.75) is 6.42 Å². The molecule has 3 aromatic heterocycles. The number of H-pyrrole nitrogens is 1. The second-order valence-corrected chi connectivity index (χ2v) is 5.70. The highest BCUT2D eigenvalue weighted by atomic mass is 32.1. The maximum atomic E-state index is 12.2. The van der Waals surface area contributed by atoms with E-state index in [2.05, 4.69) is 20.6 Å². The summed E-state index contributed by atoms with van der Waals surface area (Å²) in [6, 6.07) is 5.75. The molecule has 3 heterocycles. The summed E-state index contributed by atoms with van der Waals surface area (Å²) in [6.07, 6.45) is 4.35. The van der Waals surface area contributed by atoms with Crippen LogP contribution in [0.5, 0.6) is 0 Å². The van der Waals surface area contributed by atoms with Crippen molar-refractivity contribution in [3.8, 4) is 0 Å². The molecule has 7 heteroatoms. The molecule has 0 radical (unpaired) electrons. The highest BCUT2D eigenvalue weighted by Crippen LogP contribution is 2.29. The number of nitrogens with zero attached hydrogens (tertiary/aromatic N) is 1. The van der Waals surface area contributed by atoms with Crippen LogP contribution in [0, 0.1) is 0 Å². The van der Waals surface area contributed by atoms with E-state index in [4.69, 9.17) is 5.73 Å². The third kappa shape index (κ3) is 2.95. The molecule has 3 rings (SSSR count). The van der Waals surface area contributed by atoms with Crippen LogP contribution in [0.2, 0.25) is 0 Å². The summed E-state index contributed by atoms with van der Waals surface area (Å²) in [5.41, 5.74) is 7.96. The first kappa shape index (κ1) is 14.6. The zero-order valence-corrected chi connectivity index (χ0v) is 12.7. The average Bonchev–Trinajstić information content (AvgIpc) is 3.16. The number of nitrogens with two attached hydrogens (primary N) is 1. The number of amides is 1. The maximum Gasteiger partial charge on any atom is 0.263 e. The summed E-state index contributed by atoms with van der Waals surface area (Å²) in [5, 5.41) is 9.08. The molecule has 114 valence electrons. The van der Waals surface area contributed by atoms with Crippen LogP contribution in [0.4, 0.5) is 11.4 Å². The Hall–Kier alpha value is -2.38. The lowest BCUT2D eigenvalue weighted by molar-refractivity contribution is 0.0958. The van der Waals surface area contributed by atoms with Crippen LogP contribution in [-0.4, -0.2) is 29.0 Å². The van der Waals surface area contributed by atoms with Gasteiger partial charge in [-0.25, -0.2) is 4.98 Å². The molecule has 0 unspecified atom stereocenters. The molecular weight excluding hydrogens is 298 g/mol. The van der Waals surface area contributed by atoms with Crippen LogP contribution < -0.4 is 16.4 Å². The maximum absolute atomic E-state index is 12.2. The largest absolute Gasteiger partial charge is 0.354 e. The lowest BCUT2D eigenvalue weighted by Crippen LogP contribution is -2.25. The molecule has 22 heavy (non-hydrogen) atoms. The molecule has 5 N–H and O–H groups in total. The summed E-state index contributed by atoms with van der Waals surface area (Å²) in [4.78, 5) is 20.2. The molecule has 0 saturated carbocycles. The Labute approximate surface area is 131 Å². The predicted octanol–water partition coefficient (Wildman–Crippen LogP) is 2.45. The van der Waals surface area contributed by atoms with Crippen molar-refractivity contribution in [3.05, 3.63) is 40.8 Å². The van der Waals surface area contributed by atoms with Crippen LogP contribution in [0.3, 0.4) is 0 Å². The fourth-order valence-corrected chi connectivity index (χ4v) is 2.95. The van der Waals surface area contributed by atoms with Gasteiger partial charge < -0.3 is 21.4 Å². The van der Waals surface area contributed by atoms with Crippen molar-refractivity contribution in [3.63, 3.8) is 0 Å². The number of nitrogens with one attached hydrogen (secondary N) is 3. The molecule has 0 spiro atoms. The van der Waals surface area contributed by atoms with Gasteiger partial charge in [0.15, 0.2) is 0 Å². The van der Waals surface area contributed by atoms with Crippen molar-refractivity contribution < 1.29 is 4.79 Å². The van der Waals surface area contributed by atoms with Gasteiger partial charge in [0.2, 0.25) is 0 Å². The Bertz CT molecular complexity index is 779.